The molecule has 1 aromatic carbocycles. The van der Waals surface area contributed by atoms with Gasteiger partial charge in [0.2, 0.25) is 0 Å². The zero-order valence-corrected chi connectivity index (χ0v) is 9.68. The Bertz CT molecular complexity index is 500. The fraction of sp³-hybridized carbons (Fsp3) is 0.154. The van der Waals surface area contributed by atoms with Gasteiger partial charge in [0.05, 0.1) is 11.4 Å². The van der Waals surface area contributed by atoms with E-state index in [0.29, 0.717) is 6.61 Å². The minimum Gasteiger partial charge on any atom is -0.487 e. The van der Waals surface area contributed by atoms with Crippen LogP contribution >= 0.6 is 0 Å². The largest absolute Gasteiger partial charge is 0.487 e. The van der Waals surface area contributed by atoms with Crippen LogP contribution in [0.3, 0.4) is 0 Å². The standard InChI is InChI=1S/C13H15N3O/c1-10-3-2-4-13(7-10)17-9-12-8-11(16-14)5-6-15-12/h2-8H,9,14H2,1H3,(H,15,16). The smallest absolute Gasteiger partial charge is 0.130 e. The number of nitrogens with two attached hydrogens (primary N) is 1. The molecule has 0 spiro atoms. The van der Waals surface area contributed by atoms with E-state index in [2.05, 4.69) is 10.4 Å². The number of pyridine rings is 1. The number of rotatable bonds is 4. The van der Waals surface area contributed by atoms with E-state index in [-0.39, 0.29) is 0 Å². The first-order chi connectivity index (χ1) is 8.28. The molecule has 3 N–H and O–H groups in total. The third kappa shape index (κ3) is 3.19. The van der Waals surface area contributed by atoms with Crippen LogP contribution in [0.2, 0.25) is 0 Å². The van der Waals surface area contributed by atoms with Gasteiger partial charge in [-0.2, -0.15) is 0 Å². The second-order valence-electron chi connectivity index (χ2n) is 3.79. The molecule has 0 atom stereocenters. The molecule has 0 fully saturated rings. The molecular formula is C13H15N3O. The summed E-state index contributed by atoms with van der Waals surface area (Å²) in [5.41, 5.74) is 5.41. The van der Waals surface area contributed by atoms with E-state index in [4.69, 9.17) is 10.6 Å². The Hall–Kier alpha value is -2.07. The van der Waals surface area contributed by atoms with Crippen molar-refractivity contribution < 1.29 is 4.74 Å². The van der Waals surface area contributed by atoms with Gasteiger partial charge in [0.15, 0.2) is 0 Å². The first-order valence-electron chi connectivity index (χ1n) is 5.39. The lowest BCUT2D eigenvalue weighted by atomic mass is 10.2. The predicted molar refractivity (Wildman–Crippen MR) is 67.6 cm³/mol. The molecule has 0 amide bonds. The second kappa shape index (κ2) is 5.32. The van der Waals surface area contributed by atoms with Gasteiger partial charge < -0.3 is 10.2 Å². The van der Waals surface area contributed by atoms with E-state index in [0.717, 1.165) is 17.1 Å². The van der Waals surface area contributed by atoms with E-state index < -0.39 is 0 Å². The summed E-state index contributed by atoms with van der Waals surface area (Å²) in [7, 11) is 0. The summed E-state index contributed by atoms with van der Waals surface area (Å²) in [5.74, 6) is 6.17. The summed E-state index contributed by atoms with van der Waals surface area (Å²) in [6.07, 6.45) is 1.70. The van der Waals surface area contributed by atoms with Crippen molar-refractivity contribution in [1.82, 2.24) is 4.98 Å². The summed E-state index contributed by atoms with van der Waals surface area (Å²) in [5, 5.41) is 0. The average molecular weight is 229 g/mol. The van der Waals surface area contributed by atoms with Crippen molar-refractivity contribution >= 4 is 5.69 Å². The van der Waals surface area contributed by atoms with Crippen molar-refractivity contribution in [1.29, 1.82) is 0 Å². The van der Waals surface area contributed by atoms with Gasteiger partial charge in [-0.15, -0.1) is 0 Å². The normalized spacial score (nSPS) is 10.0. The minimum atomic E-state index is 0.430. The van der Waals surface area contributed by atoms with Gasteiger partial charge in [-0.1, -0.05) is 12.1 Å². The molecule has 2 rings (SSSR count). The number of nitrogens with zero attached hydrogens (tertiary/aromatic N) is 1. The van der Waals surface area contributed by atoms with Gasteiger partial charge in [0, 0.05) is 6.20 Å². The molecule has 0 aliphatic carbocycles. The molecule has 88 valence electrons. The van der Waals surface area contributed by atoms with Crippen molar-refractivity contribution in [2.24, 2.45) is 5.84 Å². The quantitative estimate of drug-likeness (QED) is 0.623. The zero-order valence-electron chi connectivity index (χ0n) is 9.68. The third-order valence-corrected chi connectivity index (χ3v) is 2.36. The molecule has 0 radical (unpaired) electrons. The monoisotopic (exact) mass is 229 g/mol. The van der Waals surface area contributed by atoms with Gasteiger partial charge in [-0.25, -0.2) is 0 Å². The SMILES string of the molecule is Cc1cccc(OCc2cc(NN)ccn2)c1. The van der Waals surface area contributed by atoms with Crippen LogP contribution in [0.5, 0.6) is 5.75 Å². The Kier molecular flexibility index (Phi) is 3.57. The fourth-order valence-electron chi connectivity index (χ4n) is 1.51. The number of aryl methyl sites for hydroxylation is 1. The molecule has 0 saturated carbocycles. The number of aromatic nitrogens is 1. The van der Waals surface area contributed by atoms with Crippen LogP contribution in [0.15, 0.2) is 42.6 Å². The molecular weight excluding hydrogens is 214 g/mol. The highest BCUT2D eigenvalue weighted by Crippen LogP contribution is 2.14. The average Bonchev–Trinajstić information content (AvgIpc) is 2.37. The van der Waals surface area contributed by atoms with Crippen molar-refractivity contribution in [3.63, 3.8) is 0 Å². The van der Waals surface area contributed by atoms with Crippen molar-refractivity contribution in [3.8, 4) is 5.75 Å². The first-order valence-corrected chi connectivity index (χ1v) is 5.39. The Balaban J connectivity index is 2.02. The lowest BCUT2D eigenvalue weighted by Crippen LogP contribution is -2.08. The van der Waals surface area contributed by atoms with Gasteiger partial charge >= 0.3 is 0 Å². The number of hydrazine groups is 1. The molecule has 1 heterocycles. The Morgan fingerprint density at radius 2 is 2.18 bits per heavy atom. The maximum absolute atomic E-state index is 5.64. The topological polar surface area (TPSA) is 60.2 Å². The highest BCUT2D eigenvalue weighted by molar-refractivity contribution is 5.41. The van der Waals surface area contributed by atoms with Gasteiger partial charge in [-0.05, 0) is 36.8 Å². The van der Waals surface area contributed by atoms with E-state index in [1.165, 1.54) is 5.56 Å². The van der Waals surface area contributed by atoms with E-state index in [1.54, 1.807) is 12.3 Å². The lowest BCUT2D eigenvalue weighted by molar-refractivity contribution is 0.301. The molecule has 0 aliphatic rings. The van der Waals surface area contributed by atoms with Crippen molar-refractivity contribution in [2.45, 2.75) is 13.5 Å². The number of ether oxygens (including phenoxy) is 1. The third-order valence-electron chi connectivity index (χ3n) is 2.36. The van der Waals surface area contributed by atoms with Crippen molar-refractivity contribution in [3.05, 3.63) is 53.9 Å². The Labute approximate surface area is 100 Å². The lowest BCUT2D eigenvalue weighted by Gasteiger charge is -2.07. The van der Waals surface area contributed by atoms with E-state index in [1.807, 2.05) is 37.3 Å². The molecule has 2 aromatic rings. The molecule has 4 heteroatoms. The molecule has 17 heavy (non-hydrogen) atoms. The highest BCUT2D eigenvalue weighted by Gasteiger charge is 1.98. The zero-order chi connectivity index (χ0) is 12.1. The molecule has 0 bridgehead atoms. The summed E-state index contributed by atoms with van der Waals surface area (Å²) in [4.78, 5) is 4.20. The second-order valence-corrected chi connectivity index (χ2v) is 3.79. The van der Waals surface area contributed by atoms with Crippen LogP contribution in [0, 0.1) is 6.92 Å². The molecule has 0 saturated heterocycles. The number of hydrogen-bond acceptors (Lipinski definition) is 4. The maximum atomic E-state index is 5.64. The summed E-state index contributed by atoms with van der Waals surface area (Å²) >= 11 is 0. The van der Waals surface area contributed by atoms with Gasteiger partial charge in [0.1, 0.15) is 12.4 Å². The Morgan fingerprint density at radius 3 is 2.94 bits per heavy atom. The van der Waals surface area contributed by atoms with Gasteiger partial charge in [0.25, 0.3) is 0 Å². The number of benzene rings is 1. The summed E-state index contributed by atoms with van der Waals surface area (Å²) in [6, 6.07) is 11.6. The van der Waals surface area contributed by atoms with Crippen LogP contribution in [0.1, 0.15) is 11.3 Å². The van der Waals surface area contributed by atoms with Crippen LogP contribution in [-0.4, -0.2) is 4.98 Å². The molecule has 0 aliphatic heterocycles. The Morgan fingerprint density at radius 1 is 1.29 bits per heavy atom. The summed E-state index contributed by atoms with van der Waals surface area (Å²) < 4.78 is 5.64. The number of nitrogen functional groups attached to an aromatic ring is 1. The van der Waals surface area contributed by atoms with E-state index >= 15 is 0 Å². The van der Waals surface area contributed by atoms with Crippen LogP contribution in [0.25, 0.3) is 0 Å². The molecule has 0 unspecified atom stereocenters. The van der Waals surface area contributed by atoms with Crippen LogP contribution in [0.4, 0.5) is 5.69 Å². The summed E-state index contributed by atoms with van der Waals surface area (Å²) in [6.45, 7) is 2.46. The number of hydrogen-bond donors (Lipinski definition) is 2. The van der Waals surface area contributed by atoms with Crippen LogP contribution < -0.4 is 16.0 Å². The first kappa shape index (κ1) is 11.4. The van der Waals surface area contributed by atoms with E-state index in [9.17, 15) is 0 Å². The molecule has 4 nitrogen and oxygen atoms in total. The van der Waals surface area contributed by atoms with Crippen molar-refractivity contribution in [2.75, 3.05) is 5.43 Å². The number of nitrogens with one attached hydrogen (secondary N) is 1. The number of anilines is 1. The predicted octanol–water partition coefficient (Wildman–Crippen LogP) is 2.25. The maximum Gasteiger partial charge on any atom is 0.130 e. The van der Waals surface area contributed by atoms with Crippen LogP contribution in [-0.2, 0) is 6.61 Å². The highest BCUT2D eigenvalue weighted by atomic mass is 16.5. The van der Waals surface area contributed by atoms with Gasteiger partial charge in [-0.3, -0.25) is 10.8 Å². The minimum absolute atomic E-state index is 0.430. The fourth-order valence-corrected chi connectivity index (χ4v) is 1.51. The molecule has 1 aromatic heterocycles.